The van der Waals surface area contributed by atoms with Gasteiger partial charge in [0.15, 0.2) is 5.69 Å². The van der Waals surface area contributed by atoms with Crippen LogP contribution in [0.2, 0.25) is 0 Å². The van der Waals surface area contributed by atoms with E-state index in [9.17, 15) is 18.3 Å². The van der Waals surface area contributed by atoms with Gasteiger partial charge in [-0.3, -0.25) is 9.36 Å². The molecule has 9 nitrogen and oxygen atoms in total. The Bertz CT molecular complexity index is 1120. The van der Waals surface area contributed by atoms with E-state index in [0.29, 0.717) is 0 Å². The van der Waals surface area contributed by atoms with Crippen LogP contribution < -0.4 is 10.3 Å². The van der Waals surface area contributed by atoms with E-state index in [1.54, 1.807) is 6.07 Å². The zero-order chi connectivity index (χ0) is 19.6. The van der Waals surface area contributed by atoms with Crippen LogP contribution in [-0.2, 0) is 16.1 Å². The van der Waals surface area contributed by atoms with Crippen LogP contribution >= 0.6 is 10.7 Å². The van der Waals surface area contributed by atoms with Crippen molar-refractivity contribution in [2.45, 2.75) is 11.8 Å². The van der Waals surface area contributed by atoms with Crippen molar-refractivity contribution in [3.05, 3.63) is 39.7 Å². The number of hydrogen-bond acceptors (Lipinski definition) is 8. The molecule has 1 heterocycles. The molecule has 2 aromatic rings. The lowest BCUT2D eigenvalue weighted by Crippen LogP contribution is -2.20. The normalized spacial score (nSPS) is 11.5. The summed E-state index contributed by atoms with van der Waals surface area (Å²) in [6.07, 6.45) is 0. The first-order valence-electron chi connectivity index (χ1n) is 6.99. The maximum absolute atomic E-state index is 11.9. The number of rotatable bonds is 4. The quantitative estimate of drug-likeness (QED) is 0.623. The van der Waals surface area contributed by atoms with Gasteiger partial charge < -0.3 is 9.84 Å². The third-order valence-electron chi connectivity index (χ3n) is 3.57. The average molecular weight is 397 g/mol. The molecular formula is C15H13ClN4O5S. The fraction of sp³-hybridized carbons (Fsp3) is 0.200. The number of nitrogens with zero attached hydrogens (tertiary/aromatic N) is 4. The van der Waals surface area contributed by atoms with Gasteiger partial charge in [0, 0.05) is 23.3 Å². The highest BCUT2D eigenvalue weighted by Gasteiger charge is 2.19. The van der Waals surface area contributed by atoms with Crippen molar-refractivity contribution in [2.24, 2.45) is 17.3 Å². The summed E-state index contributed by atoms with van der Waals surface area (Å²) >= 11 is 0. The van der Waals surface area contributed by atoms with Gasteiger partial charge in [0.2, 0.25) is 5.88 Å². The minimum Gasteiger partial charge on any atom is -0.495 e. The fourth-order valence-electron chi connectivity index (χ4n) is 2.15. The van der Waals surface area contributed by atoms with Crippen molar-refractivity contribution < 1.29 is 18.3 Å². The molecule has 0 saturated carbocycles. The third kappa shape index (κ3) is 3.54. The lowest BCUT2D eigenvalue weighted by molar-refractivity contribution is 0.403. The second-order valence-corrected chi connectivity index (χ2v) is 7.66. The monoisotopic (exact) mass is 396 g/mol. The molecular weight excluding hydrogens is 384 g/mol. The Hall–Kier alpha value is -2.90. The van der Waals surface area contributed by atoms with E-state index in [1.165, 1.54) is 33.2 Å². The Labute approximate surface area is 153 Å². The number of methoxy groups -OCH3 is 1. The maximum atomic E-state index is 11.9. The Kier molecular flexibility index (Phi) is 5.34. The topological polar surface area (TPSA) is 134 Å². The molecule has 0 aliphatic heterocycles. The van der Waals surface area contributed by atoms with Crippen molar-refractivity contribution in [3.63, 3.8) is 0 Å². The number of benzene rings is 1. The largest absolute Gasteiger partial charge is 0.495 e. The van der Waals surface area contributed by atoms with Gasteiger partial charge in [0.1, 0.15) is 22.3 Å². The Balaban J connectivity index is 2.61. The van der Waals surface area contributed by atoms with Gasteiger partial charge >= 0.3 is 0 Å². The molecule has 0 amide bonds. The lowest BCUT2D eigenvalue weighted by Gasteiger charge is -2.09. The predicted molar refractivity (Wildman–Crippen MR) is 93.0 cm³/mol. The second kappa shape index (κ2) is 7.15. The van der Waals surface area contributed by atoms with E-state index >= 15 is 0 Å². The summed E-state index contributed by atoms with van der Waals surface area (Å²) < 4.78 is 29.0. The summed E-state index contributed by atoms with van der Waals surface area (Å²) in [6, 6.07) is 5.67. The van der Waals surface area contributed by atoms with E-state index in [1.807, 2.05) is 0 Å². The summed E-state index contributed by atoms with van der Waals surface area (Å²) in [5.74, 6) is -0.444. The molecule has 0 spiro atoms. The van der Waals surface area contributed by atoms with Crippen LogP contribution in [-0.4, -0.2) is 25.2 Å². The first kappa shape index (κ1) is 19.4. The van der Waals surface area contributed by atoms with Gasteiger partial charge in [-0.25, -0.2) is 8.42 Å². The highest BCUT2D eigenvalue weighted by atomic mass is 35.7. The van der Waals surface area contributed by atoms with Gasteiger partial charge in [0.25, 0.3) is 14.6 Å². The number of halogens is 1. The van der Waals surface area contributed by atoms with Gasteiger partial charge in [-0.15, -0.1) is 5.11 Å². The highest BCUT2D eigenvalue weighted by Crippen LogP contribution is 2.34. The Morgan fingerprint density at radius 3 is 2.54 bits per heavy atom. The van der Waals surface area contributed by atoms with Crippen molar-refractivity contribution in [1.29, 1.82) is 5.26 Å². The van der Waals surface area contributed by atoms with Gasteiger partial charge in [-0.05, 0) is 25.1 Å². The van der Waals surface area contributed by atoms with Gasteiger partial charge in [-0.1, -0.05) is 0 Å². The van der Waals surface area contributed by atoms with Crippen LogP contribution in [0.1, 0.15) is 11.1 Å². The molecule has 1 aromatic heterocycles. The smallest absolute Gasteiger partial charge is 0.271 e. The summed E-state index contributed by atoms with van der Waals surface area (Å²) in [6.45, 7) is 1.44. The molecule has 1 N–H and O–H groups in total. The summed E-state index contributed by atoms with van der Waals surface area (Å²) in [7, 11) is 3.85. The third-order valence-corrected chi connectivity index (χ3v) is 4.91. The van der Waals surface area contributed by atoms with Crippen LogP contribution in [0.4, 0.5) is 11.4 Å². The summed E-state index contributed by atoms with van der Waals surface area (Å²) in [4.78, 5) is 11.6. The molecule has 0 bridgehead atoms. The zero-order valence-corrected chi connectivity index (χ0v) is 15.5. The van der Waals surface area contributed by atoms with E-state index in [4.69, 9.17) is 20.7 Å². The first-order valence-corrected chi connectivity index (χ1v) is 9.29. The van der Waals surface area contributed by atoms with Crippen LogP contribution in [0.5, 0.6) is 11.6 Å². The van der Waals surface area contributed by atoms with E-state index in [0.717, 1.165) is 10.6 Å². The minimum absolute atomic E-state index is 0.0341. The maximum Gasteiger partial charge on any atom is 0.271 e. The van der Waals surface area contributed by atoms with Crippen LogP contribution in [0.25, 0.3) is 0 Å². The number of nitriles is 1. The molecule has 0 fully saturated rings. The number of ether oxygens (including phenoxy) is 1. The predicted octanol–water partition coefficient (Wildman–Crippen LogP) is 2.62. The molecule has 0 atom stereocenters. The lowest BCUT2D eigenvalue weighted by atomic mass is 10.1. The van der Waals surface area contributed by atoms with E-state index in [-0.39, 0.29) is 33.1 Å². The summed E-state index contributed by atoms with van der Waals surface area (Å²) in [5, 5.41) is 26.9. The van der Waals surface area contributed by atoms with Crippen molar-refractivity contribution in [3.8, 4) is 17.7 Å². The van der Waals surface area contributed by atoms with Crippen LogP contribution in [0.15, 0.2) is 38.1 Å². The average Bonchev–Trinajstić information content (AvgIpc) is 2.59. The summed E-state index contributed by atoms with van der Waals surface area (Å²) in [5.41, 5.74) is -0.680. The standard InChI is InChI=1S/C15H13ClN4O5S/c1-8-10(7-17)14(21)20(2)15(22)13(8)19-18-9-4-5-11(25-3)12(6-9)26(16,23)24/h4-6,22H,1-3H3. The van der Waals surface area contributed by atoms with Crippen molar-refractivity contribution >= 4 is 31.1 Å². The molecule has 11 heteroatoms. The van der Waals surface area contributed by atoms with Crippen molar-refractivity contribution in [2.75, 3.05) is 7.11 Å². The molecule has 0 aliphatic rings. The van der Waals surface area contributed by atoms with E-state index < -0.39 is 20.5 Å². The molecule has 2 rings (SSSR count). The zero-order valence-electron chi connectivity index (χ0n) is 13.9. The molecule has 0 unspecified atom stereocenters. The number of hydrogen-bond donors (Lipinski definition) is 1. The molecule has 0 aliphatic carbocycles. The Morgan fingerprint density at radius 2 is 2.00 bits per heavy atom. The molecule has 26 heavy (non-hydrogen) atoms. The Morgan fingerprint density at radius 1 is 1.35 bits per heavy atom. The van der Waals surface area contributed by atoms with E-state index in [2.05, 4.69) is 10.2 Å². The molecule has 1 aromatic carbocycles. The molecule has 136 valence electrons. The van der Waals surface area contributed by atoms with Crippen LogP contribution in [0, 0.1) is 18.3 Å². The molecule has 0 radical (unpaired) electrons. The number of aromatic nitrogens is 1. The van der Waals surface area contributed by atoms with Crippen LogP contribution in [0.3, 0.4) is 0 Å². The fourth-order valence-corrected chi connectivity index (χ4v) is 3.16. The second-order valence-electron chi connectivity index (χ2n) is 5.12. The van der Waals surface area contributed by atoms with Gasteiger partial charge in [0.05, 0.1) is 12.8 Å². The number of azo groups is 1. The van der Waals surface area contributed by atoms with Gasteiger partial charge in [-0.2, -0.15) is 10.4 Å². The first-order chi connectivity index (χ1) is 12.1. The molecule has 0 saturated heterocycles. The number of aromatic hydroxyl groups is 1. The van der Waals surface area contributed by atoms with Crippen molar-refractivity contribution in [1.82, 2.24) is 4.57 Å². The SMILES string of the molecule is COc1ccc(N=Nc2c(C)c(C#N)c(=O)n(C)c2O)cc1S(=O)(=O)Cl. The minimum atomic E-state index is -4.08. The number of pyridine rings is 1. The highest BCUT2D eigenvalue weighted by molar-refractivity contribution is 8.13.